The number of thiophene rings is 1. The predicted molar refractivity (Wildman–Crippen MR) is 135 cm³/mol. The van der Waals surface area contributed by atoms with Gasteiger partial charge in [0.2, 0.25) is 0 Å². The maximum Gasteiger partial charge on any atom is 0.575 e. The molecule has 1 unspecified atom stereocenters. The number of nitrogens with two attached hydrogens (primary N) is 1. The summed E-state index contributed by atoms with van der Waals surface area (Å²) < 4.78 is 36.4. The molecule has 0 spiro atoms. The molecule has 13 heteroatoms. The van der Waals surface area contributed by atoms with E-state index in [2.05, 4.69) is 29.3 Å². The number of hydrogen-bond donors (Lipinski definition) is 3. The number of ether oxygens (including phenoxy) is 1. The van der Waals surface area contributed by atoms with Gasteiger partial charge in [0.1, 0.15) is 11.5 Å². The smallest absolute Gasteiger partial charge is 0.373 e. The van der Waals surface area contributed by atoms with Gasteiger partial charge in [-0.25, -0.2) is 4.79 Å². The van der Waals surface area contributed by atoms with Gasteiger partial charge in [-0.15, -0.1) is 24.5 Å². The lowest BCUT2D eigenvalue weighted by atomic mass is 9.98. The summed E-state index contributed by atoms with van der Waals surface area (Å²) in [6.45, 7) is 6.04. The third kappa shape index (κ3) is 8.34. The first kappa shape index (κ1) is 28.7. The lowest BCUT2D eigenvalue weighted by molar-refractivity contribution is -0.928. The van der Waals surface area contributed by atoms with Gasteiger partial charge in [0.15, 0.2) is 0 Å². The number of carbonyl (C=O) groups excluding carboxylic acids is 3. The number of amides is 3. The number of carbonyl (C=O) groups is 3. The van der Waals surface area contributed by atoms with Crippen LogP contribution in [0.2, 0.25) is 5.02 Å². The van der Waals surface area contributed by atoms with E-state index in [1.165, 1.54) is 24.2 Å². The minimum absolute atomic E-state index is 0.406. The summed E-state index contributed by atoms with van der Waals surface area (Å²) in [4.78, 5) is 35.3. The molecule has 202 valence electrons. The summed E-state index contributed by atoms with van der Waals surface area (Å²) in [5.41, 5.74) is 8.22. The number of primary amides is 1. The maximum absolute atomic E-state index is 12.5. The number of hydrogen-bond acceptors (Lipinski definition) is 5. The number of alkyl halides is 3. The monoisotopic (exact) mass is 561 g/mol. The van der Waals surface area contributed by atoms with Gasteiger partial charge in [0.05, 0.1) is 30.6 Å². The summed E-state index contributed by atoms with van der Waals surface area (Å²) in [6.07, 6.45) is -1.44. The molecule has 2 aliphatic rings. The molecule has 2 heterocycles. The van der Waals surface area contributed by atoms with Crippen LogP contribution in [0.15, 0.2) is 24.3 Å². The maximum atomic E-state index is 12.5. The van der Waals surface area contributed by atoms with Crippen molar-refractivity contribution in [2.24, 2.45) is 11.1 Å². The van der Waals surface area contributed by atoms with E-state index in [9.17, 15) is 27.6 Å². The number of rotatable bonds is 5. The summed E-state index contributed by atoms with van der Waals surface area (Å²) >= 11 is 7.35. The summed E-state index contributed by atoms with van der Waals surface area (Å²) in [7, 11) is 2.29. The highest BCUT2D eigenvalue weighted by atomic mass is 35.5. The van der Waals surface area contributed by atoms with Crippen molar-refractivity contribution in [2.75, 3.05) is 30.8 Å². The zero-order valence-corrected chi connectivity index (χ0v) is 22.2. The normalized spacial score (nSPS) is 19.5. The van der Waals surface area contributed by atoms with Gasteiger partial charge in [0.25, 0.3) is 5.91 Å². The highest BCUT2D eigenvalue weighted by Gasteiger charge is 2.46. The fourth-order valence-corrected chi connectivity index (χ4v) is 6.00. The minimum atomic E-state index is -4.83. The Kier molecular flexibility index (Phi) is 8.45. The van der Waals surface area contributed by atoms with Crippen LogP contribution in [0.4, 0.5) is 28.7 Å². The lowest BCUT2D eigenvalue weighted by Crippen LogP contribution is -2.50. The van der Waals surface area contributed by atoms with Gasteiger partial charge < -0.3 is 20.3 Å². The second-order valence-corrected chi connectivity index (χ2v) is 11.5. The molecule has 1 aliphatic heterocycles. The quantitative estimate of drug-likeness (QED) is 0.330. The van der Waals surface area contributed by atoms with Crippen LogP contribution >= 0.6 is 22.9 Å². The molecular formula is C24H29ClF3N4O4S+. The van der Waals surface area contributed by atoms with Crippen LogP contribution in [0.3, 0.4) is 0 Å². The van der Waals surface area contributed by atoms with Crippen molar-refractivity contribution < 1.29 is 36.8 Å². The molecule has 1 atom stereocenters. The Hall–Kier alpha value is -2.83. The fourth-order valence-electron chi connectivity index (χ4n) is 4.45. The molecule has 1 aliphatic carbocycles. The van der Waals surface area contributed by atoms with Crippen molar-refractivity contribution in [3.63, 3.8) is 0 Å². The van der Waals surface area contributed by atoms with Crippen LogP contribution < -0.4 is 16.4 Å². The molecule has 1 aromatic carbocycles. The molecule has 0 saturated heterocycles. The molecule has 1 saturated carbocycles. The molecule has 0 radical (unpaired) electrons. The zero-order chi connectivity index (χ0) is 27.6. The van der Waals surface area contributed by atoms with Gasteiger partial charge in [0, 0.05) is 29.5 Å². The van der Waals surface area contributed by atoms with Gasteiger partial charge >= 0.3 is 18.4 Å². The minimum Gasteiger partial charge on any atom is -0.373 e. The van der Waals surface area contributed by atoms with Crippen LogP contribution in [0.5, 0.6) is 0 Å². The molecule has 4 N–H and O–H groups in total. The first-order valence-corrected chi connectivity index (χ1v) is 12.7. The Morgan fingerprint density at radius 3 is 2.30 bits per heavy atom. The van der Waals surface area contributed by atoms with Crippen LogP contribution in [0.1, 0.15) is 47.5 Å². The average molecular weight is 562 g/mol. The molecular weight excluding hydrogens is 533 g/mol. The highest BCUT2D eigenvalue weighted by Crippen LogP contribution is 2.48. The van der Waals surface area contributed by atoms with Crippen LogP contribution in [0, 0.1) is 5.41 Å². The number of urea groups is 1. The van der Waals surface area contributed by atoms with Crippen LogP contribution in [0.25, 0.3) is 0 Å². The number of nitrogens with one attached hydrogen (secondary N) is 2. The molecule has 37 heavy (non-hydrogen) atoms. The van der Waals surface area contributed by atoms with E-state index in [4.69, 9.17) is 17.3 Å². The van der Waals surface area contributed by atoms with E-state index in [0.717, 1.165) is 41.0 Å². The second kappa shape index (κ2) is 10.9. The number of fused-ring (bicyclic) bond motifs is 1. The number of benzene rings is 1. The van der Waals surface area contributed by atoms with Crippen molar-refractivity contribution in [3.8, 4) is 0 Å². The fraction of sp³-hybridized carbons (Fsp3) is 0.458. The SMILES string of the molecule is CC(=O)OC(F)(F)F.CC1(C[N+]2(C)CCc3c(sc(NC(=O)Nc4ccc(Cl)cc4)c3C(N)=O)C2)CC1. The molecule has 1 fully saturated rings. The Bertz CT molecular complexity index is 1180. The van der Waals surface area contributed by atoms with Crippen molar-refractivity contribution >= 4 is 51.5 Å². The third-order valence-electron chi connectivity index (χ3n) is 6.22. The highest BCUT2D eigenvalue weighted by molar-refractivity contribution is 7.17. The van der Waals surface area contributed by atoms with Gasteiger partial charge in [-0.1, -0.05) is 18.5 Å². The van der Waals surface area contributed by atoms with Crippen molar-refractivity contribution in [1.82, 2.24) is 0 Å². The van der Waals surface area contributed by atoms with Gasteiger partial charge in [-0.05, 0) is 42.7 Å². The standard InChI is InChI=1S/C21H25ClN4O2S.C3H3F3O2/c1-21(8-9-21)12-26(2)10-7-15-16(11-26)29-19(17(15)18(23)27)25-20(28)24-14-5-3-13(22)4-6-14;1-2(7)8-3(4,5)6/h3-6H,7-12H2,1-2H3,(H3-,23,24,25,27,28);1H3/p+1. The molecule has 8 nitrogen and oxygen atoms in total. The molecule has 0 bridgehead atoms. The average Bonchev–Trinajstić information content (AvgIpc) is 3.34. The largest absolute Gasteiger partial charge is 0.575 e. The second-order valence-electron chi connectivity index (χ2n) is 9.92. The Morgan fingerprint density at radius 1 is 1.19 bits per heavy atom. The summed E-state index contributed by atoms with van der Waals surface area (Å²) in [5, 5.41) is 6.71. The number of likely N-dealkylation sites (N-methyl/N-ethyl adjacent to an activating group) is 1. The number of quaternary nitrogens is 1. The Balaban J connectivity index is 0.000000414. The van der Waals surface area contributed by atoms with E-state index in [0.29, 0.717) is 33.6 Å². The number of halogens is 4. The molecule has 4 rings (SSSR count). The van der Waals surface area contributed by atoms with Gasteiger partial charge in [-0.3, -0.25) is 14.9 Å². The number of anilines is 2. The van der Waals surface area contributed by atoms with Gasteiger partial charge in [-0.2, -0.15) is 0 Å². The molecule has 1 aromatic heterocycles. The summed E-state index contributed by atoms with van der Waals surface area (Å²) in [5.74, 6) is -1.84. The van der Waals surface area contributed by atoms with Crippen molar-refractivity contribution in [3.05, 3.63) is 45.3 Å². The number of esters is 1. The van der Waals surface area contributed by atoms with Crippen LogP contribution in [-0.4, -0.2) is 48.9 Å². The Morgan fingerprint density at radius 2 is 1.81 bits per heavy atom. The molecule has 2 aromatic rings. The van der Waals surface area contributed by atoms with Crippen molar-refractivity contribution in [2.45, 2.75) is 46.0 Å². The zero-order valence-electron chi connectivity index (χ0n) is 20.6. The summed E-state index contributed by atoms with van der Waals surface area (Å²) in [6, 6.07) is 6.44. The lowest BCUT2D eigenvalue weighted by Gasteiger charge is -2.39. The predicted octanol–water partition coefficient (Wildman–Crippen LogP) is 5.52. The number of nitrogens with zero attached hydrogens (tertiary/aromatic N) is 1. The first-order chi connectivity index (χ1) is 17.1. The topological polar surface area (TPSA) is 111 Å². The van der Waals surface area contributed by atoms with Crippen molar-refractivity contribution in [1.29, 1.82) is 0 Å². The first-order valence-electron chi connectivity index (χ1n) is 11.5. The van der Waals surface area contributed by atoms with E-state index < -0.39 is 24.3 Å². The third-order valence-corrected chi connectivity index (χ3v) is 7.60. The van der Waals surface area contributed by atoms with E-state index in [-0.39, 0.29) is 0 Å². The van der Waals surface area contributed by atoms with Crippen LogP contribution in [-0.2, 0) is 22.5 Å². The van der Waals surface area contributed by atoms with E-state index in [1.807, 2.05) is 0 Å². The van der Waals surface area contributed by atoms with E-state index in [1.54, 1.807) is 24.3 Å². The molecule has 3 amide bonds. The Labute approximate surface area is 221 Å². The van der Waals surface area contributed by atoms with E-state index >= 15 is 0 Å².